The number of alkyl halides is 3. The molecule has 0 saturated carbocycles. The van der Waals surface area contributed by atoms with Gasteiger partial charge in [0.1, 0.15) is 5.82 Å². The molecule has 0 aliphatic rings. The van der Waals surface area contributed by atoms with Crippen LogP contribution in [-0.4, -0.2) is 26.4 Å². The van der Waals surface area contributed by atoms with Crippen LogP contribution in [0.3, 0.4) is 0 Å². The van der Waals surface area contributed by atoms with Gasteiger partial charge < -0.3 is 9.88 Å². The monoisotopic (exact) mass is 392 g/mol. The third-order valence-corrected chi connectivity index (χ3v) is 4.62. The predicted octanol–water partition coefficient (Wildman–Crippen LogP) is 4.26. The molecule has 0 bridgehead atoms. The fourth-order valence-corrected chi connectivity index (χ4v) is 3.10. The number of carbonyl (C=O) groups is 1. The summed E-state index contributed by atoms with van der Waals surface area (Å²) < 4.78 is 40.1. The maximum Gasteiger partial charge on any atom is 0.416 e. The molecule has 0 aliphatic heterocycles. The highest BCUT2D eigenvalue weighted by molar-refractivity contribution is 7.99. The van der Waals surface area contributed by atoms with Gasteiger partial charge in [0.05, 0.1) is 22.0 Å². The van der Waals surface area contributed by atoms with Gasteiger partial charge in [-0.05, 0) is 25.1 Å². The van der Waals surface area contributed by atoms with Gasteiger partial charge in [0.2, 0.25) is 5.91 Å². The first kappa shape index (κ1) is 19.6. The van der Waals surface area contributed by atoms with Crippen LogP contribution in [0.15, 0.2) is 23.4 Å². The van der Waals surface area contributed by atoms with Crippen LogP contribution >= 0.6 is 23.4 Å². The summed E-state index contributed by atoms with van der Waals surface area (Å²) in [6, 6.07) is 2.78. The van der Waals surface area contributed by atoms with Crippen molar-refractivity contribution in [3.8, 4) is 0 Å². The summed E-state index contributed by atoms with van der Waals surface area (Å²) >= 11 is 7.02. The maximum atomic E-state index is 12.7. The lowest BCUT2D eigenvalue weighted by atomic mass is 10.2. The summed E-state index contributed by atoms with van der Waals surface area (Å²) in [6.45, 7) is 4.56. The molecule has 2 aromatic rings. The van der Waals surface area contributed by atoms with E-state index in [4.69, 9.17) is 11.6 Å². The second-order valence-corrected chi connectivity index (χ2v) is 6.38. The minimum Gasteiger partial charge on any atom is -0.324 e. The normalized spacial score (nSPS) is 11.6. The summed E-state index contributed by atoms with van der Waals surface area (Å²) in [7, 11) is 0. The van der Waals surface area contributed by atoms with Crippen molar-refractivity contribution in [1.82, 2.24) is 14.8 Å². The zero-order valence-electron chi connectivity index (χ0n) is 13.5. The number of benzene rings is 1. The molecule has 5 nitrogen and oxygen atoms in total. The Kier molecular flexibility index (Phi) is 6.34. The molecule has 10 heteroatoms. The first-order valence-corrected chi connectivity index (χ1v) is 8.84. The number of carbonyl (C=O) groups excluding carboxylic acids is 1. The van der Waals surface area contributed by atoms with Gasteiger partial charge in [-0.15, -0.1) is 10.2 Å². The lowest BCUT2D eigenvalue weighted by Crippen LogP contribution is -2.16. The average molecular weight is 393 g/mol. The van der Waals surface area contributed by atoms with E-state index in [2.05, 4.69) is 15.5 Å². The number of nitrogens with one attached hydrogen (secondary N) is 1. The zero-order valence-corrected chi connectivity index (χ0v) is 15.1. The minimum atomic E-state index is -4.51. The number of amides is 1. The van der Waals surface area contributed by atoms with Gasteiger partial charge in [-0.2, -0.15) is 13.2 Å². The third-order valence-electron chi connectivity index (χ3n) is 3.33. The van der Waals surface area contributed by atoms with Crippen LogP contribution in [0.2, 0.25) is 5.02 Å². The highest BCUT2D eigenvalue weighted by atomic mass is 35.5. The van der Waals surface area contributed by atoms with E-state index < -0.39 is 17.6 Å². The fraction of sp³-hybridized carbons (Fsp3) is 0.400. The number of nitrogens with zero attached hydrogens (tertiary/aromatic N) is 3. The van der Waals surface area contributed by atoms with Crippen molar-refractivity contribution < 1.29 is 18.0 Å². The standard InChI is InChI=1S/C15H16ClF3N4OS/c1-3-12-21-22-14(23(12)4-2)25-8-13(24)20-11-7-9(15(17,18)19)5-6-10(11)16/h5-7H,3-4,8H2,1-2H3,(H,20,24). The Morgan fingerprint density at radius 3 is 2.64 bits per heavy atom. The molecular weight excluding hydrogens is 377 g/mol. The summed E-state index contributed by atoms with van der Waals surface area (Å²) in [6.07, 6.45) is -3.79. The predicted molar refractivity (Wildman–Crippen MR) is 90.9 cm³/mol. The van der Waals surface area contributed by atoms with Crippen molar-refractivity contribution in [3.63, 3.8) is 0 Å². The molecule has 0 unspecified atom stereocenters. The minimum absolute atomic E-state index is 0.0194. The maximum absolute atomic E-state index is 12.7. The number of halogens is 4. The highest BCUT2D eigenvalue weighted by Gasteiger charge is 2.31. The average Bonchev–Trinajstić information content (AvgIpc) is 2.95. The molecule has 0 aliphatic carbocycles. The third kappa shape index (κ3) is 4.88. The molecule has 1 heterocycles. The highest BCUT2D eigenvalue weighted by Crippen LogP contribution is 2.33. The topological polar surface area (TPSA) is 59.8 Å². The Morgan fingerprint density at radius 1 is 1.32 bits per heavy atom. The number of aromatic nitrogens is 3. The summed E-state index contributed by atoms with van der Waals surface area (Å²) in [5, 5.41) is 11.1. The molecule has 0 saturated heterocycles. The van der Waals surface area contributed by atoms with Crippen molar-refractivity contribution >= 4 is 35.0 Å². The Labute approximate surface area is 152 Å². The summed E-state index contributed by atoms with van der Waals surface area (Å²) in [5.41, 5.74) is -0.952. The molecule has 0 spiro atoms. The molecule has 2 rings (SSSR count). The van der Waals surface area contributed by atoms with Gasteiger partial charge in [-0.3, -0.25) is 4.79 Å². The van der Waals surface area contributed by atoms with Gasteiger partial charge in [0.15, 0.2) is 5.16 Å². The van der Waals surface area contributed by atoms with Crippen LogP contribution in [-0.2, 0) is 23.9 Å². The molecule has 0 radical (unpaired) electrons. The number of anilines is 1. The zero-order chi connectivity index (χ0) is 18.6. The second-order valence-electron chi connectivity index (χ2n) is 5.03. The molecule has 1 aromatic heterocycles. The molecule has 136 valence electrons. The van der Waals surface area contributed by atoms with E-state index in [9.17, 15) is 18.0 Å². The van der Waals surface area contributed by atoms with Gasteiger partial charge >= 0.3 is 6.18 Å². The van der Waals surface area contributed by atoms with E-state index in [1.165, 1.54) is 0 Å². The number of aryl methyl sites for hydroxylation is 1. The molecule has 25 heavy (non-hydrogen) atoms. The van der Waals surface area contributed by atoms with Gasteiger partial charge in [0.25, 0.3) is 0 Å². The molecule has 0 atom stereocenters. The summed E-state index contributed by atoms with van der Waals surface area (Å²) in [4.78, 5) is 12.0. The van der Waals surface area contributed by atoms with E-state index in [0.717, 1.165) is 35.8 Å². The van der Waals surface area contributed by atoms with Crippen molar-refractivity contribution in [1.29, 1.82) is 0 Å². The van der Waals surface area contributed by atoms with Gasteiger partial charge in [-0.1, -0.05) is 30.3 Å². The van der Waals surface area contributed by atoms with Crippen LogP contribution < -0.4 is 5.32 Å². The smallest absolute Gasteiger partial charge is 0.324 e. The molecule has 1 N–H and O–H groups in total. The lowest BCUT2D eigenvalue weighted by molar-refractivity contribution is -0.137. The van der Waals surface area contributed by atoms with Crippen molar-refractivity contribution in [2.24, 2.45) is 0 Å². The largest absolute Gasteiger partial charge is 0.416 e. The van der Waals surface area contributed by atoms with E-state index in [1.807, 2.05) is 18.4 Å². The Bertz CT molecular complexity index is 764. The van der Waals surface area contributed by atoms with Crippen LogP contribution in [0.4, 0.5) is 18.9 Å². The number of rotatable bonds is 6. The Hall–Kier alpha value is -1.74. The van der Waals surface area contributed by atoms with Crippen molar-refractivity contribution in [2.45, 2.75) is 38.1 Å². The number of thioether (sulfide) groups is 1. The number of hydrogen-bond acceptors (Lipinski definition) is 4. The van der Waals surface area contributed by atoms with Gasteiger partial charge in [-0.25, -0.2) is 0 Å². The summed E-state index contributed by atoms with van der Waals surface area (Å²) in [5.74, 6) is 0.315. The van der Waals surface area contributed by atoms with Crippen LogP contribution in [0.5, 0.6) is 0 Å². The first-order valence-electron chi connectivity index (χ1n) is 7.47. The van der Waals surface area contributed by atoms with E-state index in [0.29, 0.717) is 18.1 Å². The van der Waals surface area contributed by atoms with Crippen LogP contribution in [0, 0.1) is 0 Å². The van der Waals surface area contributed by atoms with Crippen molar-refractivity contribution in [2.75, 3.05) is 11.1 Å². The Balaban J connectivity index is 2.05. The van der Waals surface area contributed by atoms with Crippen LogP contribution in [0.25, 0.3) is 0 Å². The lowest BCUT2D eigenvalue weighted by Gasteiger charge is -2.11. The Morgan fingerprint density at radius 2 is 2.04 bits per heavy atom. The second kappa shape index (κ2) is 8.09. The van der Waals surface area contributed by atoms with Crippen LogP contribution in [0.1, 0.15) is 25.2 Å². The van der Waals surface area contributed by atoms with Gasteiger partial charge in [0, 0.05) is 13.0 Å². The quantitative estimate of drug-likeness (QED) is 0.746. The first-order chi connectivity index (χ1) is 11.8. The molecule has 1 aromatic carbocycles. The van der Waals surface area contributed by atoms with E-state index in [-0.39, 0.29) is 16.5 Å². The van der Waals surface area contributed by atoms with E-state index >= 15 is 0 Å². The molecule has 1 amide bonds. The van der Waals surface area contributed by atoms with E-state index in [1.54, 1.807) is 0 Å². The SMILES string of the molecule is CCc1nnc(SCC(=O)Nc2cc(C(F)(F)F)ccc2Cl)n1CC. The fourth-order valence-electron chi connectivity index (χ4n) is 2.12. The molecule has 0 fully saturated rings. The molecular formula is C15H16ClF3N4OS. The number of hydrogen-bond donors (Lipinski definition) is 1. The van der Waals surface area contributed by atoms with Crippen molar-refractivity contribution in [3.05, 3.63) is 34.6 Å².